The molecule has 2 heterocycles. The Morgan fingerprint density at radius 1 is 1.00 bits per heavy atom. The summed E-state index contributed by atoms with van der Waals surface area (Å²) in [7, 11) is -2.49. The average Bonchev–Trinajstić information content (AvgIpc) is 3.23. The number of carbonyl (C=O) groups excluding carboxylic acids is 1. The first-order chi connectivity index (χ1) is 15.2. The minimum atomic E-state index is -4.03. The van der Waals surface area contributed by atoms with Crippen LogP contribution in [-0.4, -0.2) is 18.8 Å². The fraction of sp³-hybridized carbons (Fsp3) is 0.130. The van der Waals surface area contributed by atoms with Gasteiger partial charge in [-0.15, -0.1) is 0 Å². The highest BCUT2D eigenvalue weighted by Crippen LogP contribution is 2.37. The monoisotopic (exact) mass is 450 g/mol. The molecular weight excluding hydrogens is 432 g/mol. The molecule has 5 rings (SSSR count). The molecule has 5 aromatic rings. The summed E-state index contributed by atoms with van der Waals surface area (Å²) in [5.74, 6) is -0.275. The average molecular weight is 450 g/mol. The number of anilines is 1. The molecule has 0 radical (unpaired) electrons. The van der Waals surface area contributed by atoms with Gasteiger partial charge < -0.3 is 8.83 Å². The molecule has 0 amide bonds. The standard InChI is InChI=1S/C23H18N2O6S/c1-12(26)21-13(2)30-22-16-7-5-4-6-15(16)18(11-17(21)22)24-32(28,29)14-8-9-19-20(10-14)31-23(27)25(19)3/h4-11,24H,1-3H3. The van der Waals surface area contributed by atoms with Gasteiger partial charge in [-0.05, 0) is 32.0 Å². The zero-order valence-corrected chi connectivity index (χ0v) is 18.2. The number of carbonyl (C=O) groups is 1. The van der Waals surface area contributed by atoms with Gasteiger partial charge in [0, 0.05) is 29.3 Å². The summed E-state index contributed by atoms with van der Waals surface area (Å²) < 4.78 is 41.3. The maximum Gasteiger partial charge on any atom is 0.419 e. The third-order valence-corrected chi connectivity index (χ3v) is 6.91. The van der Waals surface area contributed by atoms with Crippen molar-refractivity contribution in [3.63, 3.8) is 0 Å². The van der Waals surface area contributed by atoms with E-state index in [9.17, 15) is 18.0 Å². The number of hydrogen-bond donors (Lipinski definition) is 1. The van der Waals surface area contributed by atoms with E-state index in [4.69, 9.17) is 8.83 Å². The van der Waals surface area contributed by atoms with Gasteiger partial charge in [-0.25, -0.2) is 13.2 Å². The Kier molecular flexibility index (Phi) is 4.28. The van der Waals surface area contributed by atoms with Gasteiger partial charge in [0.2, 0.25) is 0 Å². The molecule has 0 unspecified atom stereocenters. The molecular formula is C23H18N2O6S. The zero-order chi connectivity index (χ0) is 22.8. The van der Waals surface area contributed by atoms with E-state index in [2.05, 4.69) is 4.72 Å². The first kappa shape index (κ1) is 20.1. The largest absolute Gasteiger partial charge is 0.460 e. The number of Topliss-reactive ketones (excluding diaryl/α,β-unsaturated/α-hetero) is 1. The summed E-state index contributed by atoms with van der Waals surface area (Å²) in [5.41, 5.74) is 1.91. The highest BCUT2D eigenvalue weighted by Gasteiger charge is 2.22. The number of oxazole rings is 1. The number of fused-ring (bicyclic) bond motifs is 4. The van der Waals surface area contributed by atoms with E-state index < -0.39 is 15.8 Å². The summed E-state index contributed by atoms with van der Waals surface area (Å²) in [6, 6.07) is 13.0. The SMILES string of the molecule is CC(=O)c1c(C)oc2c1cc(NS(=O)(=O)c1ccc3c(c1)oc(=O)n3C)c1ccccc12. The summed E-state index contributed by atoms with van der Waals surface area (Å²) in [6.07, 6.45) is 0. The van der Waals surface area contributed by atoms with Crippen LogP contribution in [0.3, 0.4) is 0 Å². The van der Waals surface area contributed by atoms with Crippen molar-refractivity contribution in [3.05, 3.63) is 70.4 Å². The van der Waals surface area contributed by atoms with Crippen molar-refractivity contribution in [1.82, 2.24) is 4.57 Å². The molecule has 8 nitrogen and oxygen atoms in total. The molecule has 0 fully saturated rings. The Morgan fingerprint density at radius 2 is 1.72 bits per heavy atom. The third-order valence-electron chi connectivity index (χ3n) is 5.54. The Hall–Kier alpha value is -3.85. The lowest BCUT2D eigenvalue weighted by Gasteiger charge is -2.12. The molecule has 0 aliphatic heterocycles. The molecule has 0 aliphatic rings. The van der Waals surface area contributed by atoms with Crippen LogP contribution in [0.1, 0.15) is 23.0 Å². The molecule has 0 bridgehead atoms. The number of ketones is 1. The van der Waals surface area contributed by atoms with Crippen molar-refractivity contribution in [2.24, 2.45) is 7.05 Å². The van der Waals surface area contributed by atoms with Gasteiger partial charge >= 0.3 is 5.76 Å². The van der Waals surface area contributed by atoms with Crippen molar-refractivity contribution >= 4 is 54.3 Å². The predicted octanol–water partition coefficient (Wildman–Crippen LogP) is 4.34. The molecule has 0 saturated carbocycles. The summed E-state index contributed by atoms with van der Waals surface area (Å²) in [4.78, 5) is 23.9. The number of furan rings is 1. The van der Waals surface area contributed by atoms with Gasteiger partial charge in [-0.1, -0.05) is 24.3 Å². The zero-order valence-electron chi connectivity index (χ0n) is 17.4. The Labute approximate surface area is 182 Å². The van der Waals surface area contributed by atoms with Crippen LogP contribution in [0.4, 0.5) is 5.69 Å². The minimum absolute atomic E-state index is 0.0568. The van der Waals surface area contributed by atoms with E-state index in [0.717, 1.165) is 0 Å². The van der Waals surface area contributed by atoms with E-state index >= 15 is 0 Å². The lowest BCUT2D eigenvalue weighted by Crippen LogP contribution is -2.13. The summed E-state index contributed by atoms with van der Waals surface area (Å²) in [6.45, 7) is 3.15. The van der Waals surface area contributed by atoms with Gasteiger partial charge in [0.25, 0.3) is 10.0 Å². The molecule has 3 aromatic carbocycles. The maximum atomic E-state index is 13.2. The molecule has 0 spiro atoms. The molecule has 1 N–H and O–H groups in total. The van der Waals surface area contributed by atoms with Crippen LogP contribution in [0.25, 0.3) is 32.8 Å². The number of aryl methyl sites for hydroxylation is 2. The number of rotatable bonds is 4. The minimum Gasteiger partial charge on any atom is -0.460 e. The highest BCUT2D eigenvalue weighted by molar-refractivity contribution is 7.92. The summed E-state index contributed by atoms with van der Waals surface area (Å²) >= 11 is 0. The number of hydrogen-bond acceptors (Lipinski definition) is 6. The lowest BCUT2D eigenvalue weighted by molar-refractivity contribution is 0.101. The Morgan fingerprint density at radius 3 is 2.44 bits per heavy atom. The van der Waals surface area contributed by atoms with E-state index in [1.165, 1.54) is 29.7 Å². The molecule has 162 valence electrons. The molecule has 0 saturated heterocycles. The van der Waals surface area contributed by atoms with Crippen molar-refractivity contribution in [3.8, 4) is 0 Å². The van der Waals surface area contributed by atoms with Gasteiger partial charge in [-0.2, -0.15) is 0 Å². The smallest absolute Gasteiger partial charge is 0.419 e. The fourth-order valence-corrected chi connectivity index (χ4v) is 5.13. The first-order valence-electron chi connectivity index (χ1n) is 9.75. The number of aromatic nitrogens is 1. The molecule has 9 heteroatoms. The third kappa shape index (κ3) is 2.93. The second kappa shape index (κ2) is 6.83. The summed E-state index contributed by atoms with van der Waals surface area (Å²) in [5, 5.41) is 1.85. The van der Waals surface area contributed by atoms with Crippen LogP contribution in [0.2, 0.25) is 0 Å². The maximum absolute atomic E-state index is 13.2. The number of sulfonamides is 1. The van der Waals surface area contributed by atoms with Crippen LogP contribution < -0.4 is 10.5 Å². The predicted molar refractivity (Wildman–Crippen MR) is 121 cm³/mol. The van der Waals surface area contributed by atoms with Gasteiger partial charge in [0.1, 0.15) is 11.3 Å². The molecule has 0 aliphatic carbocycles. The van der Waals surface area contributed by atoms with Gasteiger partial charge in [-0.3, -0.25) is 14.1 Å². The van der Waals surface area contributed by atoms with Crippen LogP contribution in [0.15, 0.2) is 67.1 Å². The van der Waals surface area contributed by atoms with Crippen LogP contribution >= 0.6 is 0 Å². The van der Waals surface area contributed by atoms with Crippen LogP contribution in [0.5, 0.6) is 0 Å². The van der Waals surface area contributed by atoms with E-state index in [1.54, 1.807) is 32.2 Å². The number of nitrogens with zero attached hydrogens (tertiary/aromatic N) is 1. The second-order valence-corrected chi connectivity index (χ2v) is 9.28. The Bertz CT molecular complexity index is 1740. The van der Waals surface area contributed by atoms with E-state index in [0.29, 0.717) is 44.3 Å². The van der Waals surface area contributed by atoms with E-state index in [1.807, 2.05) is 12.1 Å². The normalized spacial score (nSPS) is 12.1. The van der Waals surface area contributed by atoms with Crippen molar-refractivity contribution in [1.29, 1.82) is 0 Å². The van der Waals surface area contributed by atoms with Gasteiger partial charge in [0.05, 0.1) is 21.7 Å². The second-order valence-electron chi connectivity index (χ2n) is 7.60. The fourth-order valence-electron chi connectivity index (χ4n) is 4.05. The highest BCUT2D eigenvalue weighted by atomic mass is 32.2. The van der Waals surface area contributed by atoms with Crippen LogP contribution in [0, 0.1) is 6.92 Å². The quantitative estimate of drug-likeness (QED) is 0.408. The molecule has 32 heavy (non-hydrogen) atoms. The first-order valence-corrected chi connectivity index (χ1v) is 11.2. The molecule has 0 atom stereocenters. The molecule has 2 aromatic heterocycles. The lowest BCUT2D eigenvalue weighted by atomic mass is 10.0. The topological polar surface area (TPSA) is 112 Å². The number of nitrogens with one attached hydrogen (secondary N) is 1. The Balaban J connectivity index is 1.71. The van der Waals surface area contributed by atoms with Crippen LogP contribution in [-0.2, 0) is 17.1 Å². The van der Waals surface area contributed by atoms with Crippen molar-refractivity contribution in [2.75, 3.05) is 4.72 Å². The van der Waals surface area contributed by atoms with E-state index in [-0.39, 0.29) is 16.3 Å². The van der Waals surface area contributed by atoms with Gasteiger partial charge in [0.15, 0.2) is 11.4 Å². The van der Waals surface area contributed by atoms with Crippen molar-refractivity contribution in [2.45, 2.75) is 18.7 Å². The van der Waals surface area contributed by atoms with Crippen molar-refractivity contribution < 1.29 is 22.0 Å². The number of benzene rings is 3.